The van der Waals surface area contributed by atoms with Gasteiger partial charge in [0.25, 0.3) is 0 Å². The molecule has 0 radical (unpaired) electrons. The van der Waals surface area contributed by atoms with Crippen molar-refractivity contribution in [2.24, 2.45) is 5.16 Å². The lowest BCUT2D eigenvalue weighted by Crippen LogP contribution is -2.07. The van der Waals surface area contributed by atoms with Crippen molar-refractivity contribution >= 4 is 6.21 Å². The molecule has 7 heteroatoms. The summed E-state index contributed by atoms with van der Waals surface area (Å²) >= 11 is 0. The first kappa shape index (κ1) is 16.1. The van der Waals surface area contributed by atoms with Crippen molar-refractivity contribution in [3.8, 4) is 0 Å². The highest BCUT2D eigenvalue weighted by atomic mass is 19.2. The molecule has 0 aliphatic heterocycles. The van der Waals surface area contributed by atoms with E-state index in [-0.39, 0.29) is 0 Å². The quantitative estimate of drug-likeness (QED) is 0.261. The highest BCUT2D eigenvalue weighted by Gasteiger charge is 2.25. The summed E-state index contributed by atoms with van der Waals surface area (Å²) < 4.78 is 65.1. The van der Waals surface area contributed by atoms with E-state index in [4.69, 9.17) is 0 Å². The lowest BCUT2D eigenvalue weighted by atomic mass is 10.2. The van der Waals surface area contributed by atoms with Gasteiger partial charge in [-0.15, -0.1) is 0 Å². The average Bonchev–Trinajstić information content (AvgIpc) is 2.46. The molecule has 0 bridgehead atoms. The zero-order valence-corrected chi connectivity index (χ0v) is 10.8. The maximum absolute atomic E-state index is 13.3. The van der Waals surface area contributed by atoms with Crippen LogP contribution in [-0.2, 0) is 11.4 Å². The lowest BCUT2D eigenvalue weighted by Gasteiger charge is -2.06. The summed E-state index contributed by atoms with van der Waals surface area (Å²) in [6, 6.07) is 0. The Hall–Kier alpha value is -1.92. The van der Waals surface area contributed by atoms with Gasteiger partial charge in [-0.25, -0.2) is 22.0 Å². The maximum atomic E-state index is 13.3. The smallest absolute Gasteiger partial charge is 0.200 e. The normalized spacial score (nSPS) is 12.2. The zero-order chi connectivity index (χ0) is 15.3. The van der Waals surface area contributed by atoms with Crippen LogP contribution in [0.2, 0.25) is 0 Å². The van der Waals surface area contributed by atoms with Crippen molar-refractivity contribution in [1.29, 1.82) is 0 Å². The molecule has 1 aromatic carbocycles. The number of allylic oxidation sites excluding steroid dienone is 2. The number of nitrogens with zero attached hydrogens (tertiary/aromatic N) is 1. The molecule has 110 valence electrons. The Bertz CT molecular complexity index is 525. The second-order valence-electron chi connectivity index (χ2n) is 3.77. The van der Waals surface area contributed by atoms with Gasteiger partial charge in [0.2, 0.25) is 5.82 Å². The predicted molar refractivity (Wildman–Crippen MR) is 63.6 cm³/mol. The summed E-state index contributed by atoms with van der Waals surface area (Å²) in [4.78, 5) is 4.56. The van der Waals surface area contributed by atoms with Crippen molar-refractivity contribution in [3.05, 3.63) is 46.3 Å². The molecule has 0 unspecified atom stereocenters. The monoisotopic (exact) mass is 293 g/mol. The predicted octanol–water partition coefficient (Wildman–Crippen LogP) is 4.24. The van der Waals surface area contributed by atoms with Gasteiger partial charge in [-0.3, -0.25) is 0 Å². The van der Waals surface area contributed by atoms with E-state index in [1.807, 2.05) is 6.92 Å². The van der Waals surface area contributed by atoms with Crippen LogP contribution < -0.4 is 0 Å². The lowest BCUT2D eigenvalue weighted by molar-refractivity contribution is 0.124. The van der Waals surface area contributed by atoms with Gasteiger partial charge in [0.1, 0.15) is 6.61 Å². The first-order chi connectivity index (χ1) is 9.43. The molecule has 0 heterocycles. The minimum absolute atomic E-state index is 0.659. The highest BCUT2D eigenvalue weighted by molar-refractivity contribution is 5.77. The third-order valence-electron chi connectivity index (χ3n) is 2.58. The van der Waals surface area contributed by atoms with Crippen molar-refractivity contribution in [3.63, 3.8) is 0 Å². The van der Waals surface area contributed by atoms with E-state index in [9.17, 15) is 22.0 Å². The minimum Gasteiger partial charge on any atom is -0.391 e. The molecule has 1 aromatic rings. The van der Waals surface area contributed by atoms with Gasteiger partial charge >= 0.3 is 0 Å². The molecule has 0 aliphatic rings. The summed E-state index contributed by atoms with van der Waals surface area (Å²) in [6.45, 7) is 2.75. The second-order valence-corrected chi connectivity index (χ2v) is 3.77. The van der Waals surface area contributed by atoms with Gasteiger partial charge in [-0.2, -0.15) is 0 Å². The van der Waals surface area contributed by atoms with Crippen LogP contribution in [0.5, 0.6) is 0 Å². The molecule has 0 atom stereocenters. The summed E-state index contributed by atoms with van der Waals surface area (Å²) in [7, 11) is 0. The molecule has 1 rings (SSSR count). The SMILES string of the molecule is C/C=C(/C=N/OCc1c(F)c(F)c(F)c(F)c1F)CC. The molecule has 0 saturated carbocycles. The average molecular weight is 293 g/mol. The van der Waals surface area contributed by atoms with Crippen LogP contribution in [0.1, 0.15) is 25.8 Å². The van der Waals surface area contributed by atoms with E-state index < -0.39 is 41.3 Å². The van der Waals surface area contributed by atoms with Gasteiger partial charge < -0.3 is 4.84 Å². The Balaban J connectivity index is 2.90. The summed E-state index contributed by atoms with van der Waals surface area (Å²) in [5.41, 5.74) is -0.264. The molecule has 0 saturated heterocycles. The highest BCUT2D eigenvalue weighted by Crippen LogP contribution is 2.23. The molecule has 0 aromatic heterocycles. The fraction of sp³-hybridized carbons (Fsp3) is 0.308. The van der Waals surface area contributed by atoms with E-state index in [1.54, 1.807) is 13.0 Å². The largest absolute Gasteiger partial charge is 0.391 e. The molecule has 20 heavy (non-hydrogen) atoms. The van der Waals surface area contributed by atoms with Crippen molar-refractivity contribution in [2.45, 2.75) is 26.9 Å². The van der Waals surface area contributed by atoms with Crippen LogP contribution in [0.3, 0.4) is 0 Å². The molecular formula is C13H12F5NO. The molecule has 0 N–H and O–H groups in total. The summed E-state index contributed by atoms with van der Waals surface area (Å²) in [6.07, 6.45) is 3.70. The van der Waals surface area contributed by atoms with Crippen molar-refractivity contribution in [1.82, 2.24) is 0 Å². The van der Waals surface area contributed by atoms with Crippen LogP contribution in [0.15, 0.2) is 16.8 Å². The van der Waals surface area contributed by atoms with Crippen molar-refractivity contribution < 1.29 is 26.8 Å². The fourth-order valence-corrected chi connectivity index (χ4v) is 1.35. The molecular weight excluding hydrogens is 281 g/mol. The first-order valence-corrected chi connectivity index (χ1v) is 5.74. The van der Waals surface area contributed by atoms with Gasteiger partial charge in [0.15, 0.2) is 23.3 Å². The van der Waals surface area contributed by atoms with Crippen LogP contribution in [-0.4, -0.2) is 6.21 Å². The molecule has 2 nitrogen and oxygen atoms in total. The van der Waals surface area contributed by atoms with E-state index in [1.165, 1.54) is 6.21 Å². The molecule has 0 fully saturated rings. The Labute approximate surface area is 112 Å². The fourth-order valence-electron chi connectivity index (χ4n) is 1.35. The third-order valence-corrected chi connectivity index (χ3v) is 2.58. The Kier molecular flexibility index (Phi) is 5.66. The Morgan fingerprint density at radius 2 is 1.50 bits per heavy atom. The number of oxime groups is 1. The van der Waals surface area contributed by atoms with Crippen molar-refractivity contribution in [2.75, 3.05) is 0 Å². The van der Waals surface area contributed by atoms with E-state index in [0.29, 0.717) is 6.42 Å². The third kappa shape index (κ3) is 3.34. The van der Waals surface area contributed by atoms with Gasteiger partial charge in [0.05, 0.1) is 11.8 Å². The van der Waals surface area contributed by atoms with E-state index >= 15 is 0 Å². The number of hydrogen-bond acceptors (Lipinski definition) is 2. The van der Waals surface area contributed by atoms with E-state index in [0.717, 1.165) is 5.57 Å². The maximum Gasteiger partial charge on any atom is 0.200 e. The number of hydrogen-bond donors (Lipinski definition) is 0. The van der Waals surface area contributed by atoms with Crippen LogP contribution in [0.25, 0.3) is 0 Å². The van der Waals surface area contributed by atoms with Crippen LogP contribution in [0.4, 0.5) is 22.0 Å². The topological polar surface area (TPSA) is 21.6 Å². The first-order valence-electron chi connectivity index (χ1n) is 5.74. The standard InChI is InChI=1S/C13H12F5NO/c1-3-7(4-2)5-19-20-6-8-9(14)11(16)13(18)12(17)10(8)15/h3,5H,4,6H2,1-2H3/b7-3+,19-5+. The zero-order valence-electron chi connectivity index (χ0n) is 10.8. The van der Waals surface area contributed by atoms with Gasteiger partial charge in [0, 0.05) is 0 Å². The second kappa shape index (κ2) is 7.02. The van der Waals surface area contributed by atoms with Gasteiger partial charge in [-0.05, 0) is 18.9 Å². The molecule has 0 spiro atoms. The Morgan fingerprint density at radius 1 is 1.00 bits per heavy atom. The molecule has 0 amide bonds. The minimum atomic E-state index is -2.20. The van der Waals surface area contributed by atoms with Gasteiger partial charge in [-0.1, -0.05) is 18.2 Å². The Morgan fingerprint density at radius 3 is 1.95 bits per heavy atom. The summed E-state index contributed by atoms with van der Waals surface area (Å²) in [5, 5.41) is 3.41. The summed E-state index contributed by atoms with van der Waals surface area (Å²) in [5.74, 6) is -10.0. The van der Waals surface area contributed by atoms with Crippen LogP contribution >= 0.6 is 0 Å². The van der Waals surface area contributed by atoms with E-state index in [2.05, 4.69) is 9.99 Å². The van der Waals surface area contributed by atoms with Crippen LogP contribution in [0, 0.1) is 29.1 Å². The number of benzene rings is 1. The number of halogens is 5. The number of rotatable bonds is 5. The molecule has 0 aliphatic carbocycles.